The molecule has 1 aliphatic carbocycles. The molecule has 9 heteroatoms. The number of carbonyl (C=O) groups is 2. The third kappa shape index (κ3) is 4.07. The van der Waals surface area contributed by atoms with Gasteiger partial charge in [0.05, 0.1) is 25.8 Å². The number of ether oxygens (including phenoxy) is 3. The zero-order valence-electron chi connectivity index (χ0n) is 15.2. The maximum absolute atomic E-state index is 13.0. The van der Waals surface area contributed by atoms with Gasteiger partial charge in [-0.15, -0.1) is 0 Å². The van der Waals surface area contributed by atoms with Crippen molar-refractivity contribution < 1.29 is 28.9 Å². The molecule has 1 heterocycles. The Morgan fingerprint density at radius 1 is 1.11 bits per heavy atom. The van der Waals surface area contributed by atoms with E-state index in [0.717, 1.165) is 0 Å². The Morgan fingerprint density at radius 2 is 1.79 bits per heavy atom. The summed E-state index contributed by atoms with van der Waals surface area (Å²) in [5.74, 6) is -0.846. The first-order chi connectivity index (χ1) is 13.4. The van der Waals surface area contributed by atoms with Gasteiger partial charge in [0.15, 0.2) is 5.78 Å². The van der Waals surface area contributed by atoms with Crippen LogP contribution in [0, 0.1) is 0 Å². The normalized spacial score (nSPS) is 14.0. The number of rotatable bonds is 6. The quantitative estimate of drug-likeness (QED) is 0.573. The number of aliphatic hydroxyl groups is 1. The molecule has 0 saturated carbocycles. The highest BCUT2D eigenvalue weighted by atomic mass is 35.5. The highest BCUT2D eigenvalue weighted by Crippen LogP contribution is 2.32. The number of benzene rings is 1. The minimum Gasteiger partial charge on any atom is -0.511 e. The van der Waals surface area contributed by atoms with Crippen LogP contribution in [0.2, 0.25) is 5.02 Å². The molecule has 0 radical (unpaired) electrons. The maximum Gasteiger partial charge on any atom is 0.328 e. The third-order valence-corrected chi connectivity index (χ3v) is 4.31. The number of carbonyl (C=O) groups excluding carboxylic acids is 2. The summed E-state index contributed by atoms with van der Waals surface area (Å²) in [5.41, 5.74) is -0.239. The number of ketones is 2. The summed E-state index contributed by atoms with van der Waals surface area (Å²) < 4.78 is 15.8. The summed E-state index contributed by atoms with van der Waals surface area (Å²) in [5, 5.41) is 10.3. The van der Waals surface area contributed by atoms with Gasteiger partial charge in [0.25, 0.3) is 0 Å². The van der Waals surface area contributed by atoms with Crippen molar-refractivity contribution in [2.24, 2.45) is 0 Å². The lowest BCUT2D eigenvalue weighted by Crippen LogP contribution is -2.20. The molecule has 146 valence electrons. The van der Waals surface area contributed by atoms with Gasteiger partial charge in [0, 0.05) is 17.9 Å². The van der Waals surface area contributed by atoms with Gasteiger partial charge in [0.2, 0.25) is 17.5 Å². The number of halogens is 1. The molecular formula is C19H17ClN2O6. The van der Waals surface area contributed by atoms with E-state index in [0.29, 0.717) is 6.42 Å². The van der Waals surface area contributed by atoms with E-state index in [-0.39, 0.29) is 58.3 Å². The molecule has 0 aliphatic heterocycles. The van der Waals surface area contributed by atoms with E-state index in [1.165, 1.54) is 38.5 Å². The molecule has 0 atom stereocenters. The van der Waals surface area contributed by atoms with Crippen molar-refractivity contribution in [3.8, 4) is 23.5 Å². The molecular weight excluding hydrogens is 388 g/mol. The molecule has 3 rings (SSSR count). The molecule has 0 spiro atoms. The van der Waals surface area contributed by atoms with Crippen molar-refractivity contribution in [2.45, 2.75) is 19.3 Å². The monoisotopic (exact) mass is 404 g/mol. The van der Waals surface area contributed by atoms with Crippen LogP contribution in [-0.2, 0) is 4.79 Å². The standard InChI is InChI=1S/C19H17ClN2O6/c1-26-15-9-16(27-2)22-19(21-15)28-14-7-6-10(20)8-11(14)18(25)17-12(23)4-3-5-13(17)24/h6-9,23H,3-5H2,1-2H3. The first-order valence-corrected chi connectivity index (χ1v) is 8.75. The zero-order valence-corrected chi connectivity index (χ0v) is 15.9. The van der Waals surface area contributed by atoms with Crippen LogP contribution in [0.3, 0.4) is 0 Å². The largest absolute Gasteiger partial charge is 0.511 e. The van der Waals surface area contributed by atoms with E-state index in [1.54, 1.807) is 0 Å². The van der Waals surface area contributed by atoms with Crippen LogP contribution in [-0.4, -0.2) is 40.9 Å². The SMILES string of the molecule is COc1cc(OC)nc(Oc2ccc(Cl)cc2C(=O)C2=C(O)CCCC2=O)n1. The van der Waals surface area contributed by atoms with E-state index < -0.39 is 11.6 Å². The second-order valence-electron chi connectivity index (χ2n) is 5.91. The van der Waals surface area contributed by atoms with E-state index in [9.17, 15) is 14.7 Å². The minimum atomic E-state index is -0.672. The molecule has 8 nitrogen and oxygen atoms in total. The lowest BCUT2D eigenvalue weighted by atomic mass is 9.90. The molecule has 1 aliphatic rings. The Morgan fingerprint density at radius 3 is 2.39 bits per heavy atom. The number of Topliss-reactive ketones (excluding diaryl/α,β-unsaturated/α-hetero) is 2. The number of aromatic nitrogens is 2. The van der Waals surface area contributed by atoms with E-state index in [2.05, 4.69) is 9.97 Å². The van der Waals surface area contributed by atoms with Crippen molar-refractivity contribution >= 4 is 23.2 Å². The first-order valence-electron chi connectivity index (χ1n) is 8.37. The topological polar surface area (TPSA) is 108 Å². The van der Waals surface area contributed by atoms with Gasteiger partial charge < -0.3 is 19.3 Å². The van der Waals surface area contributed by atoms with Gasteiger partial charge in [-0.05, 0) is 24.6 Å². The number of methoxy groups -OCH3 is 2. The maximum atomic E-state index is 13.0. The Bertz CT molecular complexity index is 951. The fourth-order valence-electron chi connectivity index (χ4n) is 2.73. The van der Waals surface area contributed by atoms with Crippen LogP contribution < -0.4 is 14.2 Å². The lowest BCUT2D eigenvalue weighted by molar-refractivity contribution is -0.116. The summed E-state index contributed by atoms with van der Waals surface area (Å²) in [4.78, 5) is 33.2. The van der Waals surface area contributed by atoms with Gasteiger partial charge in [-0.2, -0.15) is 9.97 Å². The summed E-state index contributed by atoms with van der Waals surface area (Å²) in [6.07, 6.45) is 0.954. The second kappa shape index (κ2) is 8.26. The predicted octanol–water partition coefficient (Wildman–Crippen LogP) is 3.69. The Labute approximate surface area is 165 Å². The molecule has 0 saturated heterocycles. The zero-order chi connectivity index (χ0) is 20.3. The average Bonchev–Trinajstić information content (AvgIpc) is 2.68. The fourth-order valence-corrected chi connectivity index (χ4v) is 2.90. The van der Waals surface area contributed by atoms with Crippen molar-refractivity contribution in [3.05, 3.63) is 46.2 Å². The number of nitrogens with zero attached hydrogens (tertiary/aromatic N) is 2. The van der Waals surface area contributed by atoms with Gasteiger partial charge >= 0.3 is 6.01 Å². The van der Waals surface area contributed by atoms with Crippen molar-refractivity contribution in [2.75, 3.05) is 14.2 Å². The van der Waals surface area contributed by atoms with Gasteiger partial charge in [-0.1, -0.05) is 11.6 Å². The molecule has 0 bridgehead atoms. The summed E-state index contributed by atoms with van der Waals surface area (Å²) >= 11 is 6.03. The molecule has 0 fully saturated rings. The summed E-state index contributed by atoms with van der Waals surface area (Å²) in [6.45, 7) is 0. The molecule has 2 aromatic rings. The predicted molar refractivity (Wildman–Crippen MR) is 99.5 cm³/mol. The van der Waals surface area contributed by atoms with Crippen LogP contribution >= 0.6 is 11.6 Å². The molecule has 0 amide bonds. The molecule has 28 heavy (non-hydrogen) atoms. The fraction of sp³-hybridized carbons (Fsp3) is 0.263. The number of aliphatic hydroxyl groups excluding tert-OH is 1. The second-order valence-corrected chi connectivity index (χ2v) is 6.34. The van der Waals surface area contributed by atoms with Crippen LogP contribution in [0.15, 0.2) is 35.6 Å². The first kappa shape index (κ1) is 19.6. The minimum absolute atomic E-state index is 0.00897. The Hall–Kier alpha value is -3.13. The highest BCUT2D eigenvalue weighted by molar-refractivity contribution is 6.32. The number of hydrogen-bond donors (Lipinski definition) is 1. The van der Waals surface area contributed by atoms with Gasteiger partial charge in [-0.25, -0.2) is 0 Å². The summed E-state index contributed by atoms with van der Waals surface area (Å²) in [6, 6.07) is 5.67. The third-order valence-electron chi connectivity index (χ3n) is 4.08. The van der Waals surface area contributed by atoms with E-state index in [1.807, 2.05) is 0 Å². The molecule has 0 unspecified atom stereocenters. The highest BCUT2D eigenvalue weighted by Gasteiger charge is 2.29. The van der Waals surface area contributed by atoms with Crippen molar-refractivity contribution in [1.82, 2.24) is 9.97 Å². The molecule has 1 aromatic carbocycles. The van der Waals surface area contributed by atoms with Crippen LogP contribution in [0.25, 0.3) is 0 Å². The van der Waals surface area contributed by atoms with Crippen LogP contribution in [0.1, 0.15) is 29.6 Å². The lowest BCUT2D eigenvalue weighted by Gasteiger charge is -2.16. The Balaban J connectivity index is 2.03. The van der Waals surface area contributed by atoms with Crippen LogP contribution in [0.4, 0.5) is 0 Å². The Kier molecular flexibility index (Phi) is 5.79. The average molecular weight is 405 g/mol. The van der Waals surface area contributed by atoms with Gasteiger partial charge in [0.1, 0.15) is 17.1 Å². The van der Waals surface area contributed by atoms with E-state index in [4.69, 9.17) is 25.8 Å². The van der Waals surface area contributed by atoms with Crippen molar-refractivity contribution in [3.63, 3.8) is 0 Å². The van der Waals surface area contributed by atoms with Gasteiger partial charge in [-0.3, -0.25) is 9.59 Å². The summed E-state index contributed by atoms with van der Waals surface area (Å²) in [7, 11) is 2.85. The molecule has 1 aromatic heterocycles. The number of allylic oxidation sites excluding steroid dienone is 2. The van der Waals surface area contributed by atoms with Crippen LogP contribution in [0.5, 0.6) is 23.5 Å². The molecule has 1 N–H and O–H groups in total. The van der Waals surface area contributed by atoms with Crippen molar-refractivity contribution in [1.29, 1.82) is 0 Å². The number of hydrogen-bond acceptors (Lipinski definition) is 8. The smallest absolute Gasteiger partial charge is 0.328 e. The van der Waals surface area contributed by atoms with E-state index >= 15 is 0 Å².